The molecule has 1 N–H and O–H groups in total. The first-order chi connectivity index (χ1) is 11.1. The second-order valence-electron chi connectivity index (χ2n) is 5.86. The van der Waals surface area contributed by atoms with Crippen molar-refractivity contribution in [1.29, 1.82) is 0 Å². The lowest BCUT2D eigenvalue weighted by molar-refractivity contribution is 0.102. The Morgan fingerprint density at radius 1 is 1.17 bits per heavy atom. The molecule has 23 heavy (non-hydrogen) atoms. The predicted octanol–water partition coefficient (Wildman–Crippen LogP) is 4.16. The molecule has 0 bridgehead atoms. The van der Waals surface area contributed by atoms with Crippen molar-refractivity contribution in [2.24, 2.45) is 0 Å². The molecule has 3 rings (SSSR count). The second-order valence-corrected chi connectivity index (χ2v) is 5.86. The van der Waals surface area contributed by atoms with Crippen molar-refractivity contribution in [3.05, 3.63) is 65.1 Å². The molecule has 2 heterocycles. The molecule has 1 amide bonds. The van der Waals surface area contributed by atoms with Gasteiger partial charge in [-0.1, -0.05) is 37.6 Å². The fourth-order valence-corrected chi connectivity index (χ4v) is 2.75. The number of carbonyl (C=O) groups is 1. The number of nitrogens with zero attached hydrogens (tertiary/aromatic N) is 2. The largest absolute Gasteiger partial charge is 0.320 e. The van der Waals surface area contributed by atoms with E-state index < -0.39 is 0 Å². The molecule has 0 aliphatic heterocycles. The van der Waals surface area contributed by atoms with Crippen LogP contribution in [0.25, 0.3) is 5.65 Å². The first-order valence-corrected chi connectivity index (χ1v) is 7.94. The highest BCUT2D eigenvalue weighted by atomic mass is 16.2. The van der Waals surface area contributed by atoms with Crippen LogP contribution >= 0.6 is 0 Å². The Labute approximate surface area is 136 Å². The first kappa shape index (κ1) is 15.3. The summed E-state index contributed by atoms with van der Waals surface area (Å²) in [5.74, 6) is -0.110. The molecular formula is C19H21N3O. The number of nitrogens with one attached hydrogen (secondary N) is 1. The minimum atomic E-state index is -0.110. The Balaban J connectivity index is 2.06. The Hall–Kier alpha value is -2.62. The zero-order chi connectivity index (χ0) is 16.4. The molecule has 0 atom stereocenters. The van der Waals surface area contributed by atoms with E-state index in [1.807, 2.05) is 60.8 Å². The van der Waals surface area contributed by atoms with Crippen LogP contribution in [-0.4, -0.2) is 15.3 Å². The van der Waals surface area contributed by atoms with E-state index in [2.05, 4.69) is 17.2 Å². The lowest BCUT2D eigenvalue weighted by Crippen LogP contribution is -2.17. The van der Waals surface area contributed by atoms with Gasteiger partial charge in [-0.25, -0.2) is 4.98 Å². The van der Waals surface area contributed by atoms with Gasteiger partial charge in [-0.05, 0) is 43.5 Å². The van der Waals surface area contributed by atoms with Gasteiger partial charge in [-0.3, -0.25) is 9.20 Å². The fourth-order valence-electron chi connectivity index (χ4n) is 2.75. The number of anilines is 1. The Bertz CT molecular complexity index is 864. The molecule has 4 heteroatoms. The van der Waals surface area contributed by atoms with Crippen molar-refractivity contribution in [1.82, 2.24) is 9.38 Å². The van der Waals surface area contributed by atoms with Crippen LogP contribution in [0.5, 0.6) is 0 Å². The molecule has 1 aromatic carbocycles. The van der Waals surface area contributed by atoms with Crippen LogP contribution in [0.15, 0.2) is 42.6 Å². The van der Waals surface area contributed by atoms with Gasteiger partial charge in [0.15, 0.2) is 0 Å². The predicted molar refractivity (Wildman–Crippen MR) is 93.1 cm³/mol. The maximum atomic E-state index is 12.9. The third-order valence-corrected chi connectivity index (χ3v) is 3.93. The highest BCUT2D eigenvalue weighted by molar-refractivity contribution is 6.04. The van der Waals surface area contributed by atoms with E-state index in [1.165, 1.54) is 0 Å². The summed E-state index contributed by atoms with van der Waals surface area (Å²) in [6.45, 7) is 6.10. The molecular weight excluding hydrogens is 286 g/mol. The van der Waals surface area contributed by atoms with Gasteiger partial charge in [-0.2, -0.15) is 0 Å². The summed E-state index contributed by atoms with van der Waals surface area (Å²) >= 11 is 0. The molecule has 3 aromatic rings. The summed E-state index contributed by atoms with van der Waals surface area (Å²) < 4.78 is 1.90. The maximum Gasteiger partial charge on any atom is 0.274 e. The zero-order valence-corrected chi connectivity index (χ0v) is 13.8. The maximum absolute atomic E-state index is 12.9. The topological polar surface area (TPSA) is 46.4 Å². The number of hydrogen-bond acceptors (Lipinski definition) is 2. The normalized spacial score (nSPS) is 10.9. The van der Waals surface area contributed by atoms with E-state index in [4.69, 9.17) is 0 Å². The average Bonchev–Trinajstić information content (AvgIpc) is 2.87. The third kappa shape index (κ3) is 2.97. The van der Waals surface area contributed by atoms with Crippen LogP contribution in [0.1, 0.15) is 40.7 Å². The lowest BCUT2D eigenvalue weighted by atomic mass is 10.1. The summed E-state index contributed by atoms with van der Waals surface area (Å²) in [5.41, 5.74) is 5.28. The van der Waals surface area contributed by atoms with Crippen LogP contribution in [-0.2, 0) is 6.42 Å². The van der Waals surface area contributed by atoms with E-state index in [0.717, 1.165) is 41.0 Å². The Kier molecular flexibility index (Phi) is 4.15. The molecule has 118 valence electrons. The molecule has 0 radical (unpaired) electrons. The summed E-state index contributed by atoms with van der Waals surface area (Å²) in [6.07, 6.45) is 3.71. The van der Waals surface area contributed by atoms with Crippen molar-refractivity contribution < 1.29 is 4.79 Å². The summed E-state index contributed by atoms with van der Waals surface area (Å²) in [7, 11) is 0. The average molecular weight is 307 g/mol. The quantitative estimate of drug-likeness (QED) is 0.787. The first-order valence-electron chi connectivity index (χ1n) is 7.94. The number of imidazole rings is 1. The monoisotopic (exact) mass is 307 g/mol. The molecule has 0 spiro atoms. The zero-order valence-electron chi connectivity index (χ0n) is 13.8. The van der Waals surface area contributed by atoms with Crippen molar-refractivity contribution >= 4 is 17.2 Å². The smallest absolute Gasteiger partial charge is 0.274 e. The van der Waals surface area contributed by atoms with Crippen molar-refractivity contribution in [3.63, 3.8) is 0 Å². The van der Waals surface area contributed by atoms with Crippen LogP contribution in [0.3, 0.4) is 0 Å². The molecule has 2 aromatic heterocycles. The number of carbonyl (C=O) groups excluding carboxylic acids is 1. The molecule has 0 aliphatic rings. The van der Waals surface area contributed by atoms with Gasteiger partial charge in [0, 0.05) is 11.9 Å². The molecule has 4 nitrogen and oxygen atoms in total. The van der Waals surface area contributed by atoms with Crippen LogP contribution in [0, 0.1) is 13.8 Å². The van der Waals surface area contributed by atoms with Gasteiger partial charge in [0.2, 0.25) is 0 Å². The molecule has 0 unspecified atom stereocenters. The van der Waals surface area contributed by atoms with E-state index in [0.29, 0.717) is 5.69 Å². The summed E-state index contributed by atoms with van der Waals surface area (Å²) in [4.78, 5) is 17.5. The van der Waals surface area contributed by atoms with E-state index >= 15 is 0 Å². The number of aromatic nitrogens is 2. The highest BCUT2D eigenvalue weighted by Crippen LogP contribution is 2.19. The molecule has 0 fully saturated rings. The van der Waals surface area contributed by atoms with Crippen LogP contribution < -0.4 is 5.32 Å². The van der Waals surface area contributed by atoms with Gasteiger partial charge < -0.3 is 5.32 Å². The van der Waals surface area contributed by atoms with Gasteiger partial charge in [-0.15, -0.1) is 0 Å². The summed E-state index contributed by atoms with van der Waals surface area (Å²) in [5, 5.41) is 3.02. The van der Waals surface area contributed by atoms with Crippen molar-refractivity contribution in [2.45, 2.75) is 33.6 Å². The number of fused-ring (bicyclic) bond motifs is 1. The van der Waals surface area contributed by atoms with Crippen LogP contribution in [0.4, 0.5) is 5.69 Å². The number of aryl methyl sites for hydroxylation is 3. The van der Waals surface area contributed by atoms with Gasteiger partial charge in [0.25, 0.3) is 5.91 Å². The van der Waals surface area contributed by atoms with Crippen molar-refractivity contribution in [3.8, 4) is 0 Å². The van der Waals surface area contributed by atoms with E-state index in [9.17, 15) is 4.79 Å². The highest BCUT2D eigenvalue weighted by Gasteiger charge is 2.19. The second kappa shape index (κ2) is 6.24. The lowest BCUT2D eigenvalue weighted by Gasteiger charge is -2.09. The molecule has 0 saturated carbocycles. The minimum Gasteiger partial charge on any atom is -0.320 e. The number of benzene rings is 1. The number of rotatable bonds is 4. The van der Waals surface area contributed by atoms with Crippen LogP contribution in [0.2, 0.25) is 0 Å². The Morgan fingerprint density at radius 3 is 2.70 bits per heavy atom. The molecule has 0 saturated heterocycles. The standard InChI is InChI=1S/C19H21N3O/c1-4-7-16-18(22-12-13(2)10-11-17(22)20-16)19(23)21-15-9-6-5-8-14(15)3/h5-6,8-12H,4,7H2,1-3H3,(H,21,23). The molecule has 0 aliphatic carbocycles. The van der Waals surface area contributed by atoms with Crippen molar-refractivity contribution in [2.75, 3.05) is 5.32 Å². The fraction of sp³-hybridized carbons (Fsp3) is 0.263. The van der Waals surface area contributed by atoms with Gasteiger partial charge in [0.1, 0.15) is 11.3 Å². The Morgan fingerprint density at radius 2 is 1.96 bits per heavy atom. The number of amides is 1. The number of pyridine rings is 1. The van der Waals surface area contributed by atoms with E-state index in [-0.39, 0.29) is 5.91 Å². The summed E-state index contributed by atoms with van der Waals surface area (Å²) in [6, 6.07) is 11.8. The SMILES string of the molecule is CCCc1nc2ccc(C)cn2c1C(=O)Nc1ccccc1C. The minimum absolute atomic E-state index is 0.110. The van der Waals surface area contributed by atoms with E-state index in [1.54, 1.807) is 0 Å². The number of hydrogen-bond donors (Lipinski definition) is 1. The third-order valence-electron chi connectivity index (χ3n) is 3.93. The van der Waals surface area contributed by atoms with Gasteiger partial charge >= 0.3 is 0 Å². The number of para-hydroxylation sites is 1. The van der Waals surface area contributed by atoms with Gasteiger partial charge in [0.05, 0.1) is 5.69 Å².